The number of pyridine rings is 1. The molecule has 0 spiro atoms. The Balaban J connectivity index is 1.26. The Morgan fingerprint density at radius 1 is 1.03 bits per heavy atom. The van der Waals surface area contributed by atoms with Gasteiger partial charge in [-0.2, -0.15) is 0 Å². The molecule has 2 heterocycles. The van der Waals surface area contributed by atoms with E-state index in [1.807, 2.05) is 6.07 Å². The molecule has 1 saturated heterocycles. The predicted molar refractivity (Wildman–Crippen MR) is 115 cm³/mol. The molecule has 0 aliphatic carbocycles. The summed E-state index contributed by atoms with van der Waals surface area (Å²) >= 11 is 11.6. The number of nitrogens with zero attached hydrogens (tertiary/aromatic N) is 2. The number of carbonyl (C=O) groups excluding carboxylic acids is 1. The van der Waals surface area contributed by atoms with E-state index in [0.717, 1.165) is 44.6 Å². The average molecular weight is 437 g/mol. The van der Waals surface area contributed by atoms with Gasteiger partial charge < -0.3 is 14.4 Å². The second kappa shape index (κ2) is 11.4. The first-order valence-electron chi connectivity index (χ1n) is 9.95. The summed E-state index contributed by atoms with van der Waals surface area (Å²) in [6.45, 7) is 3.83. The van der Waals surface area contributed by atoms with E-state index in [4.69, 9.17) is 32.7 Å². The minimum absolute atomic E-state index is 0.124. The third-order valence-electron chi connectivity index (χ3n) is 5.02. The molecule has 2 aromatic rings. The normalized spacial score (nSPS) is 15.2. The molecule has 0 unspecified atom stereocenters. The van der Waals surface area contributed by atoms with Crippen LogP contribution in [0.1, 0.15) is 25.7 Å². The van der Waals surface area contributed by atoms with Crippen LogP contribution in [-0.2, 0) is 4.79 Å². The van der Waals surface area contributed by atoms with Crippen LogP contribution in [0.5, 0.6) is 11.5 Å². The molecule has 0 N–H and O–H groups in total. The molecular weight excluding hydrogens is 411 g/mol. The fourth-order valence-corrected chi connectivity index (χ4v) is 3.65. The quantitative estimate of drug-likeness (QED) is 0.391. The van der Waals surface area contributed by atoms with Crippen molar-refractivity contribution in [1.82, 2.24) is 9.88 Å². The van der Waals surface area contributed by atoms with Gasteiger partial charge in [-0.1, -0.05) is 23.2 Å². The average Bonchev–Trinajstić information content (AvgIpc) is 2.73. The van der Waals surface area contributed by atoms with Crippen molar-refractivity contribution in [2.75, 3.05) is 32.8 Å². The number of ketones is 1. The molecule has 1 aliphatic rings. The Labute approximate surface area is 181 Å². The highest BCUT2D eigenvalue weighted by molar-refractivity contribution is 6.30. The van der Waals surface area contributed by atoms with Gasteiger partial charge in [-0.25, -0.2) is 4.98 Å². The number of benzene rings is 1. The van der Waals surface area contributed by atoms with E-state index in [9.17, 15) is 4.79 Å². The highest BCUT2D eigenvalue weighted by Gasteiger charge is 2.21. The van der Waals surface area contributed by atoms with Crippen molar-refractivity contribution >= 4 is 29.0 Å². The van der Waals surface area contributed by atoms with E-state index in [0.29, 0.717) is 34.9 Å². The number of Topliss-reactive ketones (excluding diaryl/α,β-unsaturated/α-hetero) is 1. The second-order valence-electron chi connectivity index (χ2n) is 7.29. The van der Waals surface area contributed by atoms with Gasteiger partial charge in [0.2, 0.25) is 0 Å². The zero-order chi connectivity index (χ0) is 20.5. The molecule has 0 saturated carbocycles. The Kier molecular flexibility index (Phi) is 8.59. The van der Waals surface area contributed by atoms with Gasteiger partial charge >= 0.3 is 0 Å². The summed E-state index contributed by atoms with van der Waals surface area (Å²) in [5.74, 6) is 2.02. The van der Waals surface area contributed by atoms with Gasteiger partial charge in [-0.3, -0.25) is 4.79 Å². The molecular formula is C22H26Cl2N2O3. The monoisotopic (exact) mass is 436 g/mol. The highest BCUT2D eigenvalue weighted by atomic mass is 35.5. The van der Waals surface area contributed by atoms with Crippen molar-refractivity contribution in [2.24, 2.45) is 5.92 Å². The zero-order valence-corrected chi connectivity index (χ0v) is 17.9. The van der Waals surface area contributed by atoms with E-state index in [-0.39, 0.29) is 12.4 Å². The Morgan fingerprint density at radius 2 is 1.76 bits per heavy atom. The number of hydrogen-bond donors (Lipinski definition) is 0. The lowest BCUT2D eigenvalue weighted by atomic mass is 9.92. The molecule has 156 valence electrons. The summed E-state index contributed by atoms with van der Waals surface area (Å²) < 4.78 is 11.2. The van der Waals surface area contributed by atoms with Crippen LogP contribution in [0, 0.1) is 5.92 Å². The standard InChI is InChI=1S/C22H26Cl2N2O3/c23-18-2-4-20(5-3-18)29-16-19(27)14-17-8-11-26(12-9-17)10-1-13-28-21-6-7-22(24)25-15-21/h2-7,15,17H,1,8-14,16H2. The number of aromatic nitrogens is 1. The summed E-state index contributed by atoms with van der Waals surface area (Å²) in [7, 11) is 0. The van der Waals surface area contributed by atoms with Crippen molar-refractivity contribution in [3.63, 3.8) is 0 Å². The maximum atomic E-state index is 12.2. The molecule has 5 nitrogen and oxygen atoms in total. The third kappa shape index (κ3) is 7.84. The van der Waals surface area contributed by atoms with Gasteiger partial charge in [0.15, 0.2) is 5.78 Å². The van der Waals surface area contributed by atoms with Crippen LogP contribution in [0.2, 0.25) is 10.2 Å². The Hall–Kier alpha value is -1.82. The van der Waals surface area contributed by atoms with Gasteiger partial charge in [0.05, 0.1) is 12.8 Å². The lowest BCUT2D eigenvalue weighted by Crippen LogP contribution is -2.35. The molecule has 3 rings (SSSR count). The molecule has 0 radical (unpaired) electrons. The van der Waals surface area contributed by atoms with Crippen molar-refractivity contribution in [3.05, 3.63) is 52.8 Å². The molecule has 1 aliphatic heterocycles. The molecule has 0 atom stereocenters. The Morgan fingerprint density at radius 3 is 2.45 bits per heavy atom. The number of hydrogen-bond acceptors (Lipinski definition) is 5. The molecule has 1 aromatic heterocycles. The van der Waals surface area contributed by atoms with Gasteiger partial charge in [0.1, 0.15) is 23.3 Å². The fourth-order valence-electron chi connectivity index (χ4n) is 3.42. The zero-order valence-electron chi connectivity index (χ0n) is 16.4. The SMILES string of the molecule is O=C(COc1ccc(Cl)cc1)CC1CCN(CCCOc2ccc(Cl)nc2)CC1. The summed E-state index contributed by atoms with van der Waals surface area (Å²) in [6, 6.07) is 10.6. The van der Waals surface area contributed by atoms with Crippen LogP contribution in [-0.4, -0.2) is 48.5 Å². The second-order valence-corrected chi connectivity index (χ2v) is 8.11. The van der Waals surface area contributed by atoms with E-state index in [1.165, 1.54) is 0 Å². The molecule has 1 fully saturated rings. The van der Waals surface area contributed by atoms with Crippen LogP contribution in [0.4, 0.5) is 0 Å². The van der Waals surface area contributed by atoms with Crippen LogP contribution in [0.15, 0.2) is 42.6 Å². The smallest absolute Gasteiger partial charge is 0.170 e. The number of likely N-dealkylation sites (tertiary alicyclic amines) is 1. The van der Waals surface area contributed by atoms with Crippen molar-refractivity contribution in [2.45, 2.75) is 25.7 Å². The van der Waals surface area contributed by atoms with Crippen LogP contribution >= 0.6 is 23.2 Å². The van der Waals surface area contributed by atoms with Crippen LogP contribution < -0.4 is 9.47 Å². The highest BCUT2D eigenvalue weighted by Crippen LogP contribution is 2.22. The minimum atomic E-state index is 0.124. The maximum absolute atomic E-state index is 12.2. The lowest BCUT2D eigenvalue weighted by Gasteiger charge is -2.31. The molecule has 1 aromatic carbocycles. The van der Waals surface area contributed by atoms with Gasteiger partial charge in [0.25, 0.3) is 0 Å². The summed E-state index contributed by atoms with van der Waals surface area (Å²) in [5.41, 5.74) is 0. The first kappa shape index (κ1) is 21.9. The van der Waals surface area contributed by atoms with Gasteiger partial charge in [-0.05, 0) is 74.7 Å². The van der Waals surface area contributed by atoms with E-state index in [2.05, 4.69) is 9.88 Å². The summed E-state index contributed by atoms with van der Waals surface area (Å²) in [6.07, 6.45) is 5.29. The Bertz CT molecular complexity index is 761. The van der Waals surface area contributed by atoms with Gasteiger partial charge in [0, 0.05) is 18.0 Å². The number of carbonyl (C=O) groups is 1. The van der Waals surface area contributed by atoms with E-state index >= 15 is 0 Å². The number of ether oxygens (including phenoxy) is 2. The van der Waals surface area contributed by atoms with Crippen molar-refractivity contribution < 1.29 is 14.3 Å². The minimum Gasteiger partial charge on any atom is -0.492 e. The van der Waals surface area contributed by atoms with Crippen molar-refractivity contribution in [1.29, 1.82) is 0 Å². The number of piperidine rings is 1. The van der Waals surface area contributed by atoms with E-state index < -0.39 is 0 Å². The predicted octanol–water partition coefficient (Wildman–Crippen LogP) is 4.91. The third-order valence-corrected chi connectivity index (χ3v) is 5.50. The fraction of sp³-hybridized carbons (Fsp3) is 0.455. The van der Waals surface area contributed by atoms with Crippen LogP contribution in [0.3, 0.4) is 0 Å². The van der Waals surface area contributed by atoms with Crippen LogP contribution in [0.25, 0.3) is 0 Å². The summed E-state index contributed by atoms with van der Waals surface area (Å²) in [5, 5.41) is 1.12. The first-order chi connectivity index (χ1) is 14.1. The number of halogens is 2. The lowest BCUT2D eigenvalue weighted by molar-refractivity contribution is -0.122. The molecule has 7 heteroatoms. The molecule has 0 bridgehead atoms. The first-order valence-corrected chi connectivity index (χ1v) is 10.7. The van der Waals surface area contributed by atoms with E-state index in [1.54, 1.807) is 36.5 Å². The maximum Gasteiger partial charge on any atom is 0.170 e. The molecule has 29 heavy (non-hydrogen) atoms. The summed E-state index contributed by atoms with van der Waals surface area (Å²) in [4.78, 5) is 18.6. The number of rotatable bonds is 10. The van der Waals surface area contributed by atoms with Gasteiger partial charge in [-0.15, -0.1) is 0 Å². The topological polar surface area (TPSA) is 51.7 Å². The molecule has 0 amide bonds. The largest absolute Gasteiger partial charge is 0.492 e. The van der Waals surface area contributed by atoms with Crippen molar-refractivity contribution in [3.8, 4) is 11.5 Å².